The van der Waals surface area contributed by atoms with Crippen molar-refractivity contribution in [1.29, 1.82) is 0 Å². The van der Waals surface area contributed by atoms with Crippen molar-refractivity contribution in [2.45, 2.75) is 78.3 Å². The minimum absolute atomic E-state index is 0.671. The van der Waals surface area contributed by atoms with Crippen molar-refractivity contribution in [2.24, 2.45) is 13.0 Å². The first-order valence-corrected chi connectivity index (χ1v) is 15.0. The fourth-order valence-corrected chi connectivity index (χ4v) is 6.84. The maximum absolute atomic E-state index is 5.27. The number of fused-ring (bicyclic) bond motifs is 1. The fraction of sp³-hybridized carbons (Fsp3) is 0.516. The van der Waals surface area contributed by atoms with Crippen molar-refractivity contribution in [3.8, 4) is 11.5 Å². The molecule has 2 N–H and O–H groups in total. The van der Waals surface area contributed by atoms with Gasteiger partial charge in [0, 0.05) is 38.4 Å². The number of aromatic nitrogens is 3. The zero-order valence-electron chi connectivity index (χ0n) is 23.2. The average Bonchev–Trinajstić information content (AvgIpc) is 3.39. The summed E-state index contributed by atoms with van der Waals surface area (Å²) in [5.41, 5.74) is 6.31. The number of aryl methyl sites for hydroxylation is 1. The van der Waals surface area contributed by atoms with Crippen LogP contribution >= 0.6 is 11.3 Å². The van der Waals surface area contributed by atoms with E-state index in [2.05, 4.69) is 90.8 Å². The summed E-state index contributed by atoms with van der Waals surface area (Å²) in [6.07, 6.45) is 12.5. The number of imidazole rings is 1. The first kappa shape index (κ1) is 26.1. The number of hydrogen-bond acceptors (Lipinski definition) is 4. The van der Waals surface area contributed by atoms with Crippen molar-refractivity contribution in [3.63, 3.8) is 0 Å². The monoisotopic (exact) mass is 517 g/mol. The summed E-state index contributed by atoms with van der Waals surface area (Å²) in [7, 11) is 2.16. The van der Waals surface area contributed by atoms with Gasteiger partial charge < -0.3 is 19.8 Å². The Bertz CT molecular complexity index is 1420. The second-order valence-corrected chi connectivity index (χ2v) is 11.8. The Balaban J connectivity index is 1.55. The van der Waals surface area contributed by atoms with Gasteiger partial charge in [0.2, 0.25) is 0 Å². The van der Waals surface area contributed by atoms with Crippen LogP contribution in [0.2, 0.25) is 0 Å². The minimum atomic E-state index is 0.671. The van der Waals surface area contributed by atoms with Gasteiger partial charge in [-0.05, 0) is 79.5 Å². The molecule has 1 unspecified atom stereocenters. The van der Waals surface area contributed by atoms with Crippen molar-refractivity contribution < 1.29 is 0 Å². The van der Waals surface area contributed by atoms with Gasteiger partial charge in [0.15, 0.2) is 5.82 Å². The average molecular weight is 518 g/mol. The fourth-order valence-electron chi connectivity index (χ4n) is 5.76. The lowest BCUT2D eigenvalue weighted by atomic mass is 9.73. The maximum atomic E-state index is 5.27. The molecule has 4 heterocycles. The van der Waals surface area contributed by atoms with Crippen LogP contribution < -0.4 is 21.3 Å². The zero-order chi connectivity index (χ0) is 26.1. The Labute approximate surface area is 225 Å². The number of nitrogens with one attached hydrogen (secondary N) is 2. The Morgan fingerprint density at radius 2 is 2.11 bits per heavy atom. The van der Waals surface area contributed by atoms with Crippen molar-refractivity contribution in [3.05, 3.63) is 51.6 Å². The van der Waals surface area contributed by atoms with E-state index in [4.69, 9.17) is 4.98 Å². The van der Waals surface area contributed by atoms with E-state index in [1.165, 1.54) is 34.1 Å². The molecule has 1 atom stereocenters. The summed E-state index contributed by atoms with van der Waals surface area (Å²) < 4.78 is 6.23. The maximum Gasteiger partial charge on any atom is 0.157 e. The molecule has 0 bridgehead atoms. The van der Waals surface area contributed by atoms with Crippen molar-refractivity contribution in [1.82, 2.24) is 24.8 Å². The van der Waals surface area contributed by atoms with Gasteiger partial charge in [-0.15, -0.1) is 11.3 Å². The highest BCUT2D eigenvalue weighted by molar-refractivity contribution is 7.17. The third-order valence-electron chi connectivity index (χ3n) is 7.98. The van der Waals surface area contributed by atoms with Gasteiger partial charge in [-0.25, -0.2) is 4.98 Å². The molecule has 0 radical (unpaired) electrons. The van der Waals surface area contributed by atoms with E-state index in [0.717, 1.165) is 67.3 Å². The third-order valence-corrected chi connectivity index (χ3v) is 8.92. The summed E-state index contributed by atoms with van der Waals surface area (Å²) in [5.74, 6) is 2.61. The van der Waals surface area contributed by atoms with E-state index in [0.29, 0.717) is 12.0 Å². The minimum Gasteiger partial charge on any atom is -0.385 e. The van der Waals surface area contributed by atoms with E-state index in [1.54, 1.807) is 5.56 Å². The number of allylic oxidation sites excluding steroid dienone is 2. The van der Waals surface area contributed by atoms with E-state index < -0.39 is 0 Å². The molecule has 1 saturated carbocycles. The molecule has 1 aliphatic carbocycles. The molecular formula is C31H43N5S. The molecule has 5 rings (SSSR count). The summed E-state index contributed by atoms with van der Waals surface area (Å²) in [6.45, 7) is 16.3. The van der Waals surface area contributed by atoms with Crippen LogP contribution in [0.25, 0.3) is 33.9 Å². The zero-order valence-corrected chi connectivity index (χ0v) is 24.0. The molecule has 37 heavy (non-hydrogen) atoms. The van der Waals surface area contributed by atoms with E-state index in [-0.39, 0.29) is 0 Å². The topological polar surface area (TPSA) is 56.7 Å². The van der Waals surface area contributed by atoms with Crippen LogP contribution in [0.5, 0.6) is 0 Å². The largest absolute Gasteiger partial charge is 0.385 e. The van der Waals surface area contributed by atoms with E-state index in [9.17, 15) is 0 Å². The highest BCUT2D eigenvalue weighted by Gasteiger charge is 2.30. The molecule has 0 spiro atoms. The van der Waals surface area contributed by atoms with Crippen LogP contribution in [0.1, 0.15) is 71.3 Å². The number of thiophene rings is 1. The van der Waals surface area contributed by atoms with Crippen LogP contribution in [-0.2, 0) is 13.6 Å². The first-order chi connectivity index (χ1) is 17.9. The lowest BCUT2D eigenvalue weighted by Crippen LogP contribution is -2.29. The van der Waals surface area contributed by atoms with Crippen molar-refractivity contribution >= 4 is 33.7 Å². The molecule has 2 aliphatic rings. The summed E-state index contributed by atoms with van der Waals surface area (Å²) in [4.78, 5) is 5.27. The predicted molar refractivity (Wildman–Crippen MR) is 159 cm³/mol. The van der Waals surface area contributed by atoms with Gasteiger partial charge in [-0.3, -0.25) is 0 Å². The molecule has 1 saturated heterocycles. The molecule has 0 amide bonds. The Kier molecular flexibility index (Phi) is 7.77. The Morgan fingerprint density at radius 3 is 2.76 bits per heavy atom. The normalized spacial score (nSPS) is 22.6. The molecular weight excluding hydrogens is 474 g/mol. The highest BCUT2D eigenvalue weighted by atomic mass is 32.1. The predicted octanol–water partition coefficient (Wildman–Crippen LogP) is 5.41. The summed E-state index contributed by atoms with van der Waals surface area (Å²) in [5, 5.41) is 11.5. The Hall–Kier alpha value is -2.57. The molecule has 198 valence electrons. The molecule has 3 aromatic rings. The van der Waals surface area contributed by atoms with Crippen molar-refractivity contribution in [2.75, 3.05) is 13.1 Å². The van der Waals surface area contributed by atoms with E-state index in [1.807, 2.05) is 11.3 Å². The van der Waals surface area contributed by atoms with Gasteiger partial charge in [-0.2, -0.15) is 0 Å². The quantitative estimate of drug-likeness (QED) is 0.264. The summed E-state index contributed by atoms with van der Waals surface area (Å²) in [6, 6.07) is 3.05. The van der Waals surface area contributed by atoms with Gasteiger partial charge in [0.1, 0.15) is 0 Å². The summed E-state index contributed by atoms with van der Waals surface area (Å²) >= 11 is 1.90. The van der Waals surface area contributed by atoms with Crippen LogP contribution in [0.15, 0.2) is 35.4 Å². The molecule has 0 aromatic carbocycles. The molecule has 1 aliphatic heterocycles. The van der Waals surface area contributed by atoms with Gasteiger partial charge in [0.25, 0.3) is 0 Å². The molecule has 2 fully saturated rings. The van der Waals surface area contributed by atoms with E-state index >= 15 is 0 Å². The number of nitrogens with zero attached hydrogens (tertiary/aromatic N) is 3. The van der Waals surface area contributed by atoms with Gasteiger partial charge in [-0.1, -0.05) is 39.5 Å². The van der Waals surface area contributed by atoms with Crippen LogP contribution in [0.3, 0.4) is 0 Å². The smallest absolute Gasteiger partial charge is 0.157 e. The third kappa shape index (κ3) is 5.23. The van der Waals surface area contributed by atoms with Crippen LogP contribution in [-0.4, -0.2) is 33.2 Å². The van der Waals surface area contributed by atoms with Gasteiger partial charge >= 0.3 is 0 Å². The highest BCUT2D eigenvalue weighted by Crippen LogP contribution is 2.46. The number of rotatable bonds is 11. The SMILES string of the molecule is C=C(NCCC1CN1)C(=C/C)/C=c1/nc(-c2cc3scc(C4CC(C)C4)c3n2CCC)n(C)/c1=C\CC. The van der Waals surface area contributed by atoms with Crippen LogP contribution in [0, 0.1) is 5.92 Å². The lowest BCUT2D eigenvalue weighted by Gasteiger charge is -2.32. The molecule has 6 heteroatoms. The second-order valence-electron chi connectivity index (χ2n) is 10.9. The lowest BCUT2D eigenvalue weighted by molar-refractivity contribution is 0.290. The second kappa shape index (κ2) is 11.0. The number of hydrogen-bond donors (Lipinski definition) is 2. The first-order valence-electron chi connectivity index (χ1n) is 14.1. The standard InChI is InChI=1S/C31H43N5S/c1-7-10-27-26(16-22(9-3)21(5)32-12-11-24-18-33-24)34-31(35(27)6)28-17-29-30(36(28)13-8-2)25(19-37-29)23-14-20(4)15-23/h9-10,16-17,19-20,23-24,32-33H,5,7-8,11-15,18H2,1-4,6H3/b22-9+,26-16+,27-10-. The van der Waals surface area contributed by atoms with Crippen LogP contribution in [0.4, 0.5) is 0 Å². The molecule has 5 nitrogen and oxygen atoms in total. The Morgan fingerprint density at radius 1 is 1.32 bits per heavy atom. The molecule has 3 aromatic heterocycles. The van der Waals surface area contributed by atoms with Gasteiger partial charge in [0.05, 0.1) is 26.6 Å².